The molecule has 0 amide bonds. The van der Waals surface area contributed by atoms with Crippen LogP contribution in [0.3, 0.4) is 0 Å². The molecule has 3 aromatic rings. The van der Waals surface area contributed by atoms with E-state index in [9.17, 15) is 8.42 Å². The first-order valence-corrected chi connectivity index (χ1v) is 11.0. The van der Waals surface area contributed by atoms with E-state index in [0.29, 0.717) is 5.69 Å². The summed E-state index contributed by atoms with van der Waals surface area (Å²) in [4.78, 5) is 11.7. The maximum Gasteiger partial charge on any atom is 0.229 e. The Morgan fingerprint density at radius 3 is 2.56 bits per heavy atom. The quantitative estimate of drug-likeness (QED) is 0.745. The zero-order valence-corrected chi connectivity index (χ0v) is 16.0. The highest BCUT2D eigenvalue weighted by Gasteiger charge is 2.14. The Morgan fingerprint density at radius 1 is 1.00 bits per heavy atom. The fourth-order valence-electron chi connectivity index (χ4n) is 3.47. The van der Waals surface area contributed by atoms with Crippen molar-refractivity contribution in [2.75, 3.05) is 29.0 Å². The molecule has 2 aromatic carbocycles. The summed E-state index contributed by atoms with van der Waals surface area (Å²) in [5, 5.41) is 0. The summed E-state index contributed by atoms with van der Waals surface area (Å²) in [7, 11) is -3.36. The molecule has 6 nitrogen and oxygen atoms in total. The second kappa shape index (κ2) is 7.15. The molecule has 7 heteroatoms. The van der Waals surface area contributed by atoms with Crippen LogP contribution >= 0.6 is 0 Å². The number of para-hydroxylation sites is 1. The number of aromatic nitrogens is 2. The molecule has 1 saturated heterocycles. The van der Waals surface area contributed by atoms with Gasteiger partial charge in [-0.1, -0.05) is 24.3 Å². The monoisotopic (exact) mass is 382 g/mol. The van der Waals surface area contributed by atoms with Gasteiger partial charge in [0, 0.05) is 18.7 Å². The molecular weight excluding hydrogens is 360 g/mol. The number of nitrogens with zero attached hydrogens (tertiary/aromatic N) is 3. The molecule has 0 saturated carbocycles. The van der Waals surface area contributed by atoms with Gasteiger partial charge < -0.3 is 4.90 Å². The van der Waals surface area contributed by atoms with E-state index in [4.69, 9.17) is 4.98 Å². The summed E-state index contributed by atoms with van der Waals surface area (Å²) >= 11 is 0. The van der Waals surface area contributed by atoms with Crippen molar-refractivity contribution in [3.05, 3.63) is 48.7 Å². The molecule has 1 aromatic heterocycles. The third-order valence-corrected chi connectivity index (χ3v) is 5.33. The van der Waals surface area contributed by atoms with Crippen molar-refractivity contribution in [2.45, 2.75) is 19.3 Å². The lowest BCUT2D eigenvalue weighted by atomic mass is 10.0. The van der Waals surface area contributed by atoms with Gasteiger partial charge in [0.15, 0.2) is 0 Å². The maximum atomic E-state index is 11.7. The predicted octanol–water partition coefficient (Wildman–Crippen LogP) is 3.66. The molecule has 0 aliphatic carbocycles. The van der Waals surface area contributed by atoms with Crippen LogP contribution in [0.25, 0.3) is 22.2 Å². The minimum absolute atomic E-state index is 0.555. The van der Waals surface area contributed by atoms with Crippen LogP contribution in [0.5, 0.6) is 0 Å². The first-order valence-electron chi connectivity index (χ1n) is 9.08. The number of benzene rings is 2. The van der Waals surface area contributed by atoms with Crippen LogP contribution in [0.4, 0.5) is 11.5 Å². The number of nitrogens with one attached hydrogen (secondary N) is 1. The minimum Gasteiger partial charge on any atom is -0.355 e. The molecule has 27 heavy (non-hydrogen) atoms. The average molecular weight is 382 g/mol. The van der Waals surface area contributed by atoms with Crippen molar-refractivity contribution < 1.29 is 8.42 Å². The summed E-state index contributed by atoms with van der Waals surface area (Å²) in [5.41, 5.74) is 3.91. The van der Waals surface area contributed by atoms with E-state index in [1.54, 1.807) is 6.07 Å². The number of fused-ring (bicyclic) bond motifs is 1. The van der Waals surface area contributed by atoms with Crippen LogP contribution < -0.4 is 9.62 Å². The standard InChI is InChI=1S/C20H22N4O2S/c1-27(25,26)23-17-8-4-3-7-16(17)15-9-10-18-19(13-15)22-20(14-21-18)24-11-5-2-6-12-24/h3-4,7-10,13-14,23H,2,5-6,11-12H2,1H3. The summed E-state index contributed by atoms with van der Waals surface area (Å²) in [6, 6.07) is 13.2. The minimum atomic E-state index is -3.36. The molecule has 1 fully saturated rings. The van der Waals surface area contributed by atoms with Gasteiger partial charge in [-0.15, -0.1) is 0 Å². The van der Waals surface area contributed by atoms with E-state index in [2.05, 4.69) is 14.6 Å². The third-order valence-electron chi connectivity index (χ3n) is 4.74. The Labute approximate surface area is 159 Å². The van der Waals surface area contributed by atoms with Crippen molar-refractivity contribution in [3.63, 3.8) is 0 Å². The van der Waals surface area contributed by atoms with Crippen molar-refractivity contribution in [1.82, 2.24) is 9.97 Å². The summed E-state index contributed by atoms with van der Waals surface area (Å²) in [6.45, 7) is 2.03. The molecule has 4 rings (SSSR count). The van der Waals surface area contributed by atoms with Crippen LogP contribution in [0.1, 0.15) is 19.3 Å². The van der Waals surface area contributed by atoms with E-state index < -0.39 is 10.0 Å². The van der Waals surface area contributed by atoms with E-state index in [1.807, 2.05) is 42.6 Å². The molecule has 0 bridgehead atoms. The van der Waals surface area contributed by atoms with Crippen LogP contribution in [-0.2, 0) is 10.0 Å². The second-order valence-electron chi connectivity index (χ2n) is 6.90. The zero-order valence-electron chi connectivity index (χ0n) is 15.2. The molecule has 0 unspecified atom stereocenters. The number of piperidine rings is 1. The topological polar surface area (TPSA) is 75.2 Å². The Morgan fingerprint density at radius 2 is 1.78 bits per heavy atom. The molecule has 0 atom stereocenters. The fourth-order valence-corrected chi connectivity index (χ4v) is 4.05. The van der Waals surface area contributed by atoms with Gasteiger partial charge in [0.05, 0.1) is 29.2 Å². The first-order chi connectivity index (χ1) is 13.0. The van der Waals surface area contributed by atoms with Crippen LogP contribution in [-0.4, -0.2) is 37.7 Å². The van der Waals surface area contributed by atoms with Gasteiger partial charge in [0.1, 0.15) is 5.82 Å². The molecular formula is C20H22N4O2S. The van der Waals surface area contributed by atoms with Crippen LogP contribution in [0, 0.1) is 0 Å². The van der Waals surface area contributed by atoms with Gasteiger partial charge in [-0.05, 0) is 43.0 Å². The molecule has 0 spiro atoms. The van der Waals surface area contributed by atoms with Gasteiger partial charge >= 0.3 is 0 Å². The number of sulfonamides is 1. The number of hydrogen-bond acceptors (Lipinski definition) is 5. The normalized spacial score (nSPS) is 15.1. The molecule has 1 aliphatic rings. The summed E-state index contributed by atoms with van der Waals surface area (Å²) in [6.07, 6.45) is 6.63. The zero-order chi connectivity index (χ0) is 18.9. The summed E-state index contributed by atoms with van der Waals surface area (Å²) < 4.78 is 25.9. The number of rotatable bonds is 4. The molecule has 140 valence electrons. The third kappa shape index (κ3) is 4.03. The van der Waals surface area contributed by atoms with Crippen molar-refractivity contribution in [3.8, 4) is 11.1 Å². The van der Waals surface area contributed by atoms with E-state index in [1.165, 1.54) is 19.3 Å². The molecule has 1 N–H and O–H groups in total. The van der Waals surface area contributed by atoms with E-state index in [-0.39, 0.29) is 0 Å². The first kappa shape index (κ1) is 17.7. The van der Waals surface area contributed by atoms with Gasteiger partial charge in [-0.2, -0.15) is 0 Å². The van der Waals surface area contributed by atoms with Crippen LogP contribution in [0.2, 0.25) is 0 Å². The van der Waals surface area contributed by atoms with Crippen molar-refractivity contribution >= 4 is 32.6 Å². The highest BCUT2D eigenvalue weighted by molar-refractivity contribution is 7.92. The lowest BCUT2D eigenvalue weighted by Gasteiger charge is -2.27. The van der Waals surface area contributed by atoms with Crippen molar-refractivity contribution in [2.24, 2.45) is 0 Å². The average Bonchev–Trinajstić information content (AvgIpc) is 2.67. The van der Waals surface area contributed by atoms with E-state index in [0.717, 1.165) is 47.3 Å². The molecule has 2 heterocycles. The second-order valence-corrected chi connectivity index (χ2v) is 8.65. The number of hydrogen-bond donors (Lipinski definition) is 1. The Bertz CT molecular complexity index is 1080. The van der Waals surface area contributed by atoms with Crippen molar-refractivity contribution in [1.29, 1.82) is 0 Å². The summed E-state index contributed by atoms with van der Waals surface area (Å²) in [5.74, 6) is 0.905. The Hall–Kier alpha value is -2.67. The van der Waals surface area contributed by atoms with Gasteiger partial charge in [-0.3, -0.25) is 9.71 Å². The van der Waals surface area contributed by atoms with Gasteiger partial charge in [0.2, 0.25) is 10.0 Å². The SMILES string of the molecule is CS(=O)(=O)Nc1ccccc1-c1ccc2ncc(N3CCCCC3)nc2c1. The van der Waals surface area contributed by atoms with Gasteiger partial charge in [-0.25, -0.2) is 13.4 Å². The lowest BCUT2D eigenvalue weighted by Crippen LogP contribution is -2.30. The Kier molecular flexibility index (Phi) is 4.70. The fraction of sp³-hybridized carbons (Fsp3) is 0.300. The largest absolute Gasteiger partial charge is 0.355 e. The molecule has 1 aliphatic heterocycles. The highest BCUT2D eigenvalue weighted by atomic mass is 32.2. The predicted molar refractivity (Wildman–Crippen MR) is 110 cm³/mol. The number of anilines is 2. The smallest absolute Gasteiger partial charge is 0.229 e. The van der Waals surface area contributed by atoms with Gasteiger partial charge in [0.25, 0.3) is 0 Å². The Balaban J connectivity index is 1.75. The molecule has 0 radical (unpaired) electrons. The van der Waals surface area contributed by atoms with Crippen LogP contribution in [0.15, 0.2) is 48.7 Å². The maximum absolute atomic E-state index is 11.7. The highest BCUT2D eigenvalue weighted by Crippen LogP contribution is 2.30. The lowest BCUT2D eigenvalue weighted by molar-refractivity contribution is 0.573. The van der Waals surface area contributed by atoms with E-state index >= 15 is 0 Å².